The smallest absolute Gasteiger partial charge is 0.167 e. The van der Waals surface area contributed by atoms with Gasteiger partial charge < -0.3 is 5.32 Å². The predicted octanol–water partition coefficient (Wildman–Crippen LogP) is 2.40. The number of nitrogens with zero attached hydrogens (tertiary/aromatic N) is 2. The quantitative estimate of drug-likeness (QED) is 0.863. The summed E-state index contributed by atoms with van der Waals surface area (Å²) < 4.78 is 0. The van der Waals surface area contributed by atoms with Gasteiger partial charge in [0.15, 0.2) is 5.82 Å². The minimum atomic E-state index is 0.360. The van der Waals surface area contributed by atoms with Crippen LogP contribution < -0.4 is 5.32 Å². The highest BCUT2D eigenvalue weighted by atomic mass is 15.2. The Morgan fingerprint density at radius 2 is 2.05 bits per heavy atom. The summed E-state index contributed by atoms with van der Waals surface area (Å²) in [5.41, 5.74) is 1.39. The van der Waals surface area contributed by atoms with Crippen LogP contribution in [0, 0.1) is 0 Å². The highest BCUT2D eigenvalue weighted by molar-refractivity contribution is 5.14. The molecule has 3 rings (SSSR count). The maximum Gasteiger partial charge on any atom is 0.167 e. The van der Waals surface area contributed by atoms with Gasteiger partial charge in [-0.15, -0.1) is 0 Å². The van der Waals surface area contributed by atoms with E-state index in [-0.39, 0.29) is 0 Å². The second kappa shape index (κ2) is 5.97. The largest absolute Gasteiger partial charge is 0.307 e. The second-order valence-electron chi connectivity index (χ2n) is 5.13. The van der Waals surface area contributed by atoms with E-state index < -0.39 is 0 Å². The first-order chi connectivity index (χ1) is 9.42. The van der Waals surface area contributed by atoms with Crippen molar-refractivity contribution in [2.75, 3.05) is 6.54 Å². The third kappa shape index (κ3) is 3.20. The lowest BCUT2D eigenvalue weighted by atomic mass is 10.1. The lowest BCUT2D eigenvalue weighted by Gasteiger charge is -2.02. The van der Waals surface area contributed by atoms with E-state index in [4.69, 9.17) is 0 Å². The van der Waals surface area contributed by atoms with Gasteiger partial charge in [-0.2, -0.15) is 5.10 Å². The molecule has 1 aromatic heterocycles. The molecular weight excluding hydrogens is 236 g/mol. The summed E-state index contributed by atoms with van der Waals surface area (Å²) in [6.45, 7) is 1.09. The molecule has 0 bridgehead atoms. The number of nitrogens with one attached hydrogen (secondary N) is 2. The Bertz CT molecular complexity index is 500. The number of hydrogen-bond acceptors (Lipinski definition) is 3. The van der Waals surface area contributed by atoms with Crippen molar-refractivity contribution in [1.29, 1.82) is 0 Å². The maximum atomic E-state index is 4.59. The van der Waals surface area contributed by atoms with Crippen LogP contribution in [0.3, 0.4) is 0 Å². The summed E-state index contributed by atoms with van der Waals surface area (Å²) >= 11 is 0. The van der Waals surface area contributed by atoms with Gasteiger partial charge in [-0.1, -0.05) is 30.3 Å². The zero-order chi connectivity index (χ0) is 12.9. The number of aryl methyl sites for hydroxylation is 2. The molecule has 1 unspecified atom stereocenters. The fourth-order valence-electron chi connectivity index (χ4n) is 2.59. The third-order valence-electron chi connectivity index (χ3n) is 3.64. The first-order valence-corrected chi connectivity index (χ1v) is 7.10. The molecular formula is C15H20N4. The monoisotopic (exact) mass is 256 g/mol. The zero-order valence-corrected chi connectivity index (χ0v) is 11.1. The molecule has 1 fully saturated rings. The van der Waals surface area contributed by atoms with Crippen LogP contribution in [0.5, 0.6) is 0 Å². The van der Waals surface area contributed by atoms with Crippen LogP contribution in [0.25, 0.3) is 0 Å². The second-order valence-corrected chi connectivity index (χ2v) is 5.13. The van der Waals surface area contributed by atoms with Crippen LogP contribution in [0.2, 0.25) is 0 Å². The van der Waals surface area contributed by atoms with E-state index in [1.54, 1.807) is 0 Å². The molecule has 4 heteroatoms. The van der Waals surface area contributed by atoms with Gasteiger partial charge in [0, 0.05) is 6.42 Å². The molecule has 0 saturated carbocycles. The topological polar surface area (TPSA) is 53.6 Å². The lowest BCUT2D eigenvalue weighted by Crippen LogP contribution is -2.14. The Morgan fingerprint density at radius 1 is 1.16 bits per heavy atom. The molecule has 19 heavy (non-hydrogen) atoms. The van der Waals surface area contributed by atoms with E-state index in [0.29, 0.717) is 6.04 Å². The van der Waals surface area contributed by atoms with E-state index >= 15 is 0 Å². The number of hydrogen-bond donors (Lipinski definition) is 2. The molecule has 1 aromatic carbocycles. The van der Waals surface area contributed by atoms with E-state index in [2.05, 4.69) is 50.8 Å². The molecule has 0 amide bonds. The Morgan fingerprint density at radius 3 is 2.84 bits per heavy atom. The average Bonchev–Trinajstić information content (AvgIpc) is 3.10. The molecule has 1 aliphatic rings. The maximum absolute atomic E-state index is 4.59. The first kappa shape index (κ1) is 12.4. The summed E-state index contributed by atoms with van der Waals surface area (Å²) in [5.74, 6) is 1.95. The van der Waals surface area contributed by atoms with Crippen LogP contribution in [0.15, 0.2) is 30.3 Å². The van der Waals surface area contributed by atoms with Crippen molar-refractivity contribution in [2.45, 2.75) is 38.1 Å². The number of rotatable bonds is 5. The van der Waals surface area contributed by atoms with Gasteiger partial charge >= 0.3 is 0 Å². The minimum Gasteiger partial charge on any atom is -0.307 e. The fraction of sp³-hybridized carbons (Fsp3) is 0.467. The van der Waals surface area contributed by atoms with Crippen LogP contribution in [-0.2, 0) is 12.8 Å². The van der Waals surface area contributed by atoms with Crippen LogP contribution in [0.4, 0.5) is 0 Å². The Balaban J connectivity index is 1.50. The average molecular weight is 256 g/mol. The van der Waals surface area contributed by atoms with Gasteiger partial charge in [-0.05, 0) is 37.8 Å². The molecule has 4 nitrogen and oxygen atoms in total. The number of H-pyrrole nitrogens is 1. The van der Waals surface area contributed by atoms with Crippen LogP contribution in [0.1, 0.15) is 42.5 Å². The SMILES string of the molecule is c1ccc(CCCc2nc(C3CCCN3)n[nH]2)cc1. The normalized spacial score (nSPS) is 18.8. The number of aromatic amines is 1. The van der Waals surface area contributed by atoms with Gasteiger partial charge in [0.05, 0.1) is 6.04 Å². The fourth-order valence-corrected chi connectivity index (χ4v) is 2.59. The summed E-state index contributed by atoms with van der Waals surface area (Å²) in [6.07, 6.45) is 5.55. The molecule has 1 atom stereocenters. The molecule has 1 saturated heterocycles. The highest BCUT2D eigenvalue weighted by Crippen LogP contribution is 2.19. The molecule has 0 radical (unpaired) electrons. The first-order valence-electron chi connectivity index (χ1n) is 7.10. The van der Waals surface area contributed by atoms with Gasteiger partial charge in [0.25, 0.3) is 0 Å². The van der Waals surface area contributed by atoms with Gasteiger partial charge in [0.2, 0.25) is 0 Å². The Kier molecular flexibility index (Phi) is 3.89. The Labute approximate surface area is 113 Å². The van der Waals surface area contributed by atoms with Crippen molar-refractivity contribution in [3.05, 3.63) is 47.5 Å². The van der Waals surface area contributed by atoms with Crippen molar-refractivity contribution in [3.8, 4) is 0 Å². The number of aromatic nitrogens is 3. The summed E-state index contributed by atoms with van der Waals surface area (Å²) in [5, 5.41) is 10.8. The van der Waals surface area contributed by atoms with E-state index in [0.717, 1.165) is 43.9 Å². The molecule has 0 aliphatic carbocycles. The van der Waals surface area contributed by atoms with Crippen molar-refractivity contribution in [1.82, 2.24) is 20.5 Å². The number of benzene rings is 1. The third-order valence-corrected chi connectivity index (χ3v) is 3.64. The van der Waals surface area contributed by atoms with Gasteiger partial charge in [-0.25, -0.2) is 4.98 Å². The molecule has 0 spiro atoms. The standard InChI is InChI=1S/C15H20N4/c1-2-6-12(7-3-1)8-4-10-14-17-15(19-18-14)13-9-5-11-16-13/h1-3,6-7,13,16H,4-5,8-11H2,(H,17,18,19). The molecule has 2 heterocycles. The molecule has 2 aromatic rings. The van der Waals surface area contributed by atoms with Crippen molar-refractivity contribution >= 4 is 0 Å². The molecule has 100 valence electrons. The van der Waals surface area contributed by atoms with Gasteiger partial charge in [0.1, 0.15) is 5.82 Å². The van der Waals surface area contributed by atoms with Crippen molar-refractivity contribution in [2.24, 2.45) is 0 Å². The summed E-state index contributed by atoms with van der Waals surface area (Å²) in [7, 11) is 0. The molecule has 1 aliphatic heterocycles. The van der Waals surface area contributed by atoms with E-state index in [9.17, 15) is 0 Å². The predicted molar refractivity (Wildman–Crippen MR) is 74.8 cm³/mol. The van der Waals surface area contributed by atoms with Gasteiger partial charge in [-0.3, -0.25) is 5.10 Å². The van der Waals surface area contributed by atoms with E-state index in [1.165, 1.54) is 12.0 Å². The summed E-state index contributed by atoms with van der Waals surface area (Å²) in [6, 6.07) is 10.9. The van der Waals surface area contributed by atoms with Crippen LogP contribution in [-0.4, -0.2) is 21.7 Å². The Hall–Kier alpha value is -1.68. The van der Waals surface area contributed by atoms with Crippen molar-refractivity contribution < 1.29 is 0 Å². The summed E-state index contributed by atoms with van der Waals surface area (Å²) in [4.78, 5) is 4.59. The highest BCUT2D eigenvalue weighted by Gasteiger charge is 2.20. The zero-order valence-electron chi connectivity index (χ0n) is 11.1. The van der Waals surface area contributed by atoms with Crippen LogP contribution >= 0.6 is 0 Å². The van der Waals surface area contributed by atoms with E-state index in [1.807, 2.05) is 0 Å². The van der Waals surface area contributed by atoms with Crippen molar-refractivity contribution in [3.63, 3.8) is 0 Å². The molecule has 2 N–H and O–H groups in total. The minimum absolute atomic E-state index is 0.360. The lowest BCUT2D eigenvalue weighted by molar-refractivity contribution is 0.607.